The van der Waals surface area contributed by atoms with E-state index in [9.17, 15) is 9.59 Å². The lowest BCUT2D eigenvalue weighted by molar-refractivity contribution is -0.121. The van der Waals surface area contributed by atoms with Crippen LogP contribution in [-0.2, 0) is 4.79 Å². The van der Waals surface area contributed by atoms with Crippen LogP contribution in [0, 0.1) is 5.92 Å². The topological polar surface area (TPSA) is 62.3 Å². The highest BCUT2D eigenvalue weighted by molar-refractivity contribution is 6.30. The summed E-state index contributed by atoms with van der Waals surface area (Å²) in [5.41, 5.74) is 3.19. The fraction of sp³-hybridized carbons (Fsp3) is 0.208. The van der Waals surface area contributed by atoms with E-state index in [0.717, 1.165) is 16.8 Å². The first-order valence-corrected chi connectivity index (χ1v) is 10.3. The first kappa shape index (κ1) is 20.1. The van der Waals surface area contributed by atoms with E-state index in [4.69, 9.17) is 11.6 Å². The van der Waals surface area contributed by atoms with Gasteiger partial charge in [-0.2, -0.15) is 0 Å². The summed E-state index contributed by atoms with van der Waals surface area (Å²) in [7, 11) is 0. The monoisotopic (exact) mass is 419 g/mol. The summed E-state index contributed by atoms with van der Waals surface area (Å²) in [6.45, 7) is 1.10. The molecule has 0 atom stereocenters. The number of carbonyl (C=O) groups is 2. The predicted molar refractivity (Wildman–Crippen MR) is 118 cm³/mol. The zero-order chi connectivity index (χ0) is 20.9. The van der Waals surface area contributed by atoms with Crippen molar-refractivity contribution in [2.75, 3.05) is 18.4 Å². The van der Waals surface area contributed by atoms with Gasteiger partial charge in [-0.3, -0.25) is 14.6 Å². The normalized spacial score (nSPS) is 14.4. The van der Waals surface area contributed by atoms with Gasteiger partial charge in [0.05, 0.1) is 0 Å². The minimum Gasteiger partial charge on any atom is -0.337 e. The van der Waals surface area contributed by atoms with Crippen LogP contribution in [0.1, 0.15) is 23.3 Å². The molecule has 1 aliphatic heterocycles. The lowest BCUT2D eigenvalue weighted by atomic mass is 9.95. The van der Waals surface area contributed by atoms with Crippen molar-refractivity contribution in [2.24, 2.45) is 5.92 Å². The number of nitrogens with zero attached hydrogens (tertiary/aromatic N) is 2. The molecule has 1 aromatic heterocycles. The van der Waals surface area contributed by atoms with Crippen molar-refractivity contribution in [3.63, 3.8) is 0 Å². The Morgan fingerprint density at radius 3 is 2.37 bits per heavy atom. The lowest BCUT2D eigenvalue weighted by Gasteiger charge is -2.31. The molecule has 2 heterocycles. The van der Waals surface area contributed by atoms with Crippen molar-refractivity contribution in [3.8, 4) is 11.1 Å². The molecular formula is C24H22ClN3O2. The molecule has 30 heavy (non-hydrogen) atoms. The van der Waals surface area contributed by atoms with E-state index in [0.29, 0.717) is 36.6 Å². The molecule has 2 aromatic carbocycles. The number of amides is 2. The highest BCUT2D eigenvalue weighted by Crippen LogP contribution is 2.26. The number of hydrogen-bond donors (Lipinski definition) is 1. The maximum atomic E-state index is 12.8. The molecule has 5 nitrogen and oxygen atoms in total. The molecule has 0 radical (unpaired) electrons. The van der Waals surface area contributed by atoms with Crippen molar-refractivity contribution < 1.29 is 9.59 Å². The molecule has 6 heteroatoms. The number of anilines is 1. The molecule has 1 N–H and O–H groups in total. The van der Waals surface area contributed by atoms with Crippen molar-refractivity contribution >= 4 is 29.1 Å². The summed E-state index contributed by atoms with van der Waals surface area (Å²) in [4.78, 5) is 31.2. The summed E-state index contributed by atoms with van der Waals surface area (Å²) in [6.07, 6.45) is 2.89. The third kappa shape index (κ3) is 4.69. The molecule has 4 rings (SSSR count). The van der Waals surface area contributed by atoms with Crippen LogP contribution < -0.4 is 5.32 Å². The van der Waals surface area contributed by atoms with E-state index < -0.39 is 0 Å². The van der Waals surface area contributed by atoms with Gasteiger partial charge in [0.1, 0.15) is 5.69 Å². The standard InChI is InChI=1S/C24H22ClN3O2/c25-20-7-3-5-18(15-20)19-6-4-8-21(16-19)27-23(29)17-10-13-28(14-11-17)24(30)22-9-1-2-12-26-22/h1-9,12,15-17H,10-11,13-14H2,(H,27,29). The Bertz CT molecular complexity index is 1050. The van der Waals surface area contributed by atoms with Gasteiger partial charge in [0.2, 0.25) is 5.91 Å². The van der Waals surface area contributed by atoms with E-state index in [-0.39, 0.29) is 17.7 Å². The molecule has 1 fully saturated rings. The van der Waals surface area contributed by atoms with Gasteiger partial charge in [0.25, 0.3) is 5.91 Å². The fourth-order valence-corrected chi connectivity index (χ4v) is 3.88. The molecule has 1 saturated heterocycles. The molecule has 1 aliphatic rings. The highest BCUT2D eigenvalue weighted by Gasteiger charge is 2.28. The van der Waals surface area contributed by atoms with Crippen molar-refractivity contribution in [3.05, 3.63) is 83.6 Å². The Morgan fingerprint density at radius 1 is 0.933 bits per heavy atom. The average Bonchev–Trinajstić information content (AvgIpc) is 2.79. The van der Waals surface area contributed by atoms with Crippen LogP contribution in [-0.4, -0.2) is 34.8 Å². The Balaban J connectivity index is 1.36. The van der Waals surface area contributed by atoms with Crippen LogP contribution >= 0.6 is 11.6 Å². The molecule has 0 aliphatic carbocycles. The van der Waals surface area contributed by atoms with Gasteiger partial charge < -0.3 is 10.2 Å². The molecule has 0 spiro atoms. The molecule has 0 unspecified atom stereocenters. The van der Waals surface area contributed by atoms with Crippen molar-refractivity contribution in [1.82, 2.24) is 9.88 Å². The Hall–Kier alpha value is -3.18. The van der Waals surface area contributed by atoms with Crippen LogP contribution in [0.3, 0.4) is 0 Å². The van der Waals surface area contributed by atoms with Gasteiger partial charge in [-0.1, -0.05) is 41.9 Å². The number of likely N-dealkylation sites (tertiary alicyclic amines) is 1. The van der Waals surface area contributed by atoms with Crippen LogP contribution in [0.5, 0.6) is 0 Å². The smallest absolute Gasteiger partial charge is 0.272 e. The van der Waals surface area contributed by atoms with Gasteiger partial charge >= 0.3 is 0 Å². The Morgan fingerprint density at radius 2 is 1.67 bits per heavy atom. The Labute approximate surface area is 180 Å². The molecule has 2 amide bonds. The summed E-state index contributed by atoms with van der Waals surface area (Å²) in [5, 5.41) is 3.70. The number of rotatable bonds is 4. The molecular weight excluding hydrogens is 398 g/mol. The highest BCUT2D eigenvalue weighted by atomic mass is 35.5. The second-order valence-corrected chi connectivity index (χ2v) is 7.80. The third-order valence-corrected chi connectivity index (χ3v) is 5.56. The quantitative estimate of drug-likeness (QED) is 0.654. The van der Waals surface area contributed by atoms with Crippen molar-refractivity contribution in [1.29, 1.82) is 0 Å². The number of piperidine rings is 1. The van der Waals surface area contributed by atoms with Gasteiger partial charge in [0.15, 0.2) is 0 Å². The van der Waals surface area contributed by atoms with E-state index in [2.05, 4.69) is 10.3 Å². The maximum absolute atomic E-state index is 12.8. The number of benzene rings is 2. The first-order valence-electron chi connectivity index (χ1n) is 9.97. The van der Waals surface area contributed by atoms with E-state index >= 15 is 0 Å². The summed E-state index contributed by atoms with van der Waals surface area (Å²) in [6, 6.07) is 20.7. The number of pyridine rings is 1. The van der Waals surface area contributed by atoms with Crippen LogP contribution in [0.15, 0.2) is 72.9 Å². The number of aromatic nitrogens is 1. The maximum Gasteiger partial charge on any atom is 0.272 e. The van der Waals surface area contributed by atoms with Crippen LogP contribution in [0.4, 0.5) is 5.69 Å². The van der Waals surface area contributed by atoms with Crippen LogP contribution in [0.25, 0.3) is 11.1 Å². The zero-order valence-corrected chi connectivity index (χ0v) is 17.2. The lowest BCUT2D eigenvalue weighted by Crippen LogP contribution is -2.41. The third-order valence-electron chi connectivity index (χ3n) is 5.33. The van der Waals surface area contributed by atoms with E-state index in [1.54, 1.807) is 29.3 Å². The largest absolute Gasteiger partial charge is 0.337 e. The predicted octanol–water partition coefficient (Wildman–Crippen LogP) is 4.89. The van der Waals surface area contributed by atoms with E-state index in [1.807, 2.05) is 48.5 Å². The number of halogens is 1. The van der Waals surface area contributed by atoms with Crippen LogP contribution in [0.2, 0.25) is 5.02 Å². The van der Waals surface area contributed by atoms with Crippen molar-refractivity contribution in [2.45, 2.75) is 12.8 Å². The van der Waals surface area contributed by atoms with Gasteiger partial charge in [-0.05, 0) is 60.4 Å². The Kier molecular flexibility index (Phi) is 6.10. The number of carbonyl (C=O) groups excluding carboxylic acids is 2. The van der Waals surface area contributed by atoms with Gasteiger partial charge in [-0.25, -0.2) is 0 Å². The second kappa shape index (κ2) is 9.09. The van der Waals surface area contributed by atoms with E-state index in [1.165, 1.54) is 0 Å². The number of hydrogen-bond acceptors (Lipinski definition) is 3. The minimum atomic E-state index is -0.118. The summed E-state index contributed by atoms with van der Waals surface area (Å²) >= 11 is 6.09. The van der Waals surface area contributed by atoms with Gasteiger partial charge in [0, 0.05) is 35.9 Å². The average molecular weight is 420 g/mol. The SMILES string of the molecule is O=C(Nc1cccc(-c2cccc(Cl)c2)c1)C1CCN(C(=O)c2ccccn2)CC1. The van der Waals surface area contributed by atoms with Gasteiger partial charge in [-0.15, -0.1) is 0 Å². The molecule has 3 aromatic rings. The molecule has 152 valence electrons. The zero-order valence-electron chi connectivity index (χ0n) is 16.4. The molecule has 0 bridgehead atoms. The fourth-order valence-electron chi connectivity index (χ4n) is 3.68. The minimum absolute atomic E-state index is 0.0109. The number of nitrogens with one attached hydrogen (secondary N) is 1. The first-order chi connectivity index (χ1) is 14.6. The summed E-state index contributed by atoms with van der Waals surface area (Å²) in [5.74, 6) is -0.209. The molecule has 0 saturated carbocycles. The summed E-state index contributed by atoms with van der Waals surface area (Å²) < 4.78 is 0. The second-order valence-electron chi connectivity index (χ2n) is 7.36.